The summed E-state index contributed by atoms with van der Waals surface area (Å²) in [6.07, 6.45) is 2.03. The summed E-state index contributed by atoms with van der Waals surface area (Å²) in [6.45, 7) is 7.16. The molecule has 0 atom stereocenters. The van der Waals surface area contributed by atoms with Gasteiger partial charge in [0.25, 0.3) is 0 Å². The molecule has 1 aliphatic rings. The summed E-state index contributed by atoms with van der Waals surface area (Å²) in [4.78, 5) is 15.1. The van der Waals surface area contributed by atoms with Crippen molar-refractivity contribution in [3.63, 3.8) is 0 Å². The Labute approximate surface area is 195 Å². The molecule has 0 N–H and O–H groups in total. The average Bonchev–Trinajstić information content (AvgIpc) is 3.18. The Kier molecular flexibility index (Phi) is 7.96. The van der Waals surface area contributed by atoms with Gasteiger partial charge in [-0.1, -0.05) is 42.5 Å². The SMILES string of the molecule is CCn1c(C2CCN(Cc3ccc(OCc4ccccc4)cc3)CC2)nn(CCOC)c1=O. The number of likely N-dealkylation sites (tertiary alicyclic amines) is 1. The molecule has 0 radical (unpaired) electrons. The second-order valence-electron chi connectivity index (χ2n) is 8.57. The highest BCUT2D eigenvalue weighted by Crippen LogP contribution is 2.27. The van der Waals surface area contributed by atoms with Crippen molar-refractivity contribution in [2.75, 3.05) is 26.8 Å². The van der Waals surface area contributed by atoms with E-state index >= 15 is 0 Å². The number of aromatic nitrogens is 3. The van der Waals surface area contributed by atoms with Crippen molar-refractivity contribution in [2.24, 2.45) is 0 Å². The van der Waals surface area contributed by atoms with Gasteiger partial charge in [-0.3, -0.25) is 9.47 Å². The first-order chi connectivity index (χ1) is 16.2. The number of methoxy groups -OCH3 is 1. The molecule has 1 fully saturated rings. The fourth-order valence-electron chi connectivity index (χ4n) is 4.42. The fraction of sp³-hybridized carbons (Fsp3) is 0.462. The zero-order valence-corrected chi connectivity index (χ0v) is 19.7. The molecule has 7 heteroatoms. The minimum atomic E-state index is -0.0263. The lowest BCUT2D eigenvalue weighted by molar-refractivity contribution is 0.181. The first kappa shape index (κ1) is 23.3. The third kappa shape index (κ3) is 5.92. The molecular weight excluding hydrogens is 416 g/mol. The smallest absolute Gasteiger partial charge is 0.345 e. The van der Waals surface area contributed by atoms with Gasteiger partial charge in [-0.2, -0.15) is 5.10 Å². The first-order valence-electron chi connectivity index (χ1n) is 11.8. The number of ether oxygens (including phenoxy) is 2. The molecule has 2 aromatic carbocycles. The molecule has 0 amide bonds. The van der Waals surface area contributed by atoms with Crippen LogP contribution in [0.15, 0.2) is 59.4 Å². The van der Waals surface area contributed by atoms with Crippen LogP contribution in [0.5, 0.6) is 5.75 Å². The molecule has 176 valence electrons. The van der Waals surface area contributed by atoms with Gasteiger partial charge in [-0.25, -0.2) is 9.48 Å². The maximum atomic E-state index is 12.6. The van der Waals surface area contributed by atoms with E-state index in [4.69, 9.17) is 9.47 Å². The molecule has 4 rings (SSSR count). The van der Waals surface area contributed by atoms with Crippen LogP contribution in [0.1, 0.15) is 42.6 Å². The Balaban J connectivity index is 1.29. The predicted octanol–water partition coefficient (Wildman–Crippen LogP) is 3.67. The van der Waals surface area contributed by atoms with Crippen LogP contribution in [0.2, 0.25) is 0 Å². The monoisotopic (exact) mass is 450 g/mol. The molecule has 1 aromatic heterocycles. The van der Waals surface area contributed by atoms with Gasteiger partial charge in [-0.15, -0.1) is 0 Å². The topological polar surface area (TPSA) is 61.5 Å². The Bertz CT molecular complexity index is 1050. The van der Waals surface area contributed by atoms with Gasteiger partial charge in [-0.05, 0) is 56.1 Å². The highest BCUT2D eigenvalue weighted by Gasteiger charge is 2.26. The van der Waals surface area contributed by atoms with E-state index in [-0.39, 0.29) is 5.69 Å². The number of rotatable bonds is 10. The lowest BCUT2D eigenvalue weighted by Crippen LogP contribution is -2.33. The zero-order chi connectivity index (χ0) is 23.0. The van der Waals surface area contributed by atoms with Gasteiger partial charge >= 0.3 is 5.69 Å². The van der Waals surface area contributed by atoms with Gasteiger partial charge in [0.15, 0.2) is 0 Å². The van der Waals surface area contributed by atoms with E-state index in [0.717, 1.165) is 44.0 Å². The van der Waals surface area contributed by atoms with Crippen molar-refractivity contribution >= 4 is 0 Å². The molecule has 1 aliphatic heterocycles. The Morgan fingerprint density at radius 2 is 1.73 bits per heavy atom. The van der Waals surface area contributed by atoms with Crippen LogP contribution >= 0.6 is 0 Å². The summed E-state index contributed by atoms with van der Waals surface area (Å²) in [5.74, 6) is 2.15. The molecule has 0 spiro atoms. The van der Waals surface area contributed by atoms with Crippen LogP contribution in [0.25, 0.3) is 0 Å². The van der Waals surface area contributed by atoms with E-state index < -0.39 is 0 Å². The van der Waals surface area contributed by atoms with E-state index in [2.05, 4.69) is 46.4 Å². The van der Waals surface area contributed by atoms with Crippen molar-refractivity contribution in [3.05, 3.63) is 82.0 Å². The second-order valence-corrected chi connectivity index (χ2v) is 8.57. The average molecular weight is 451 g/mol. The molecule has 3 aromatic rings. The lowest BCUT2D eigenvalue weighted by Gasteiger charge is -2.31. The largest absolute Gasteiger partial charge is 0.489 e. The van der Waals surface area contributed by atoms with Crippen molar-refractivity contribution in [2.45, 2.75) is 51.9 Å². The highest BCUT2D eigenvalue weighted by atomic mass is 16.5. The third-order valence-electron chi connectivity index (χ3n) is 6.31. The standard InChI is InChI=1S/C26H34N4O3/c1-3-29-25(27-30(26(29)31)17-18-32-2)23-13-15-28(16-14-23)19-21-9-11-24(12-10-21)33-20-22-7-5-4-6-8-22/h4-12,23H,3,13-20H2,1-2H3. The second kappa shape index (κ2) is 11.3. The first-order valence-corrected chi connectivity index (χ1v) is 11.8. The minimum Gasteiger partial charge on any atom is -0.489 e. The van der Waals surface area contributed by atoms with Gasteiger partial charge in [0, 0.05) is 26.1 Å². The lowest BCUT2D eigenvalue weighted by atomic mass is 9.95. The van der Waals surface area contributed by atoms with Crippen LogP contribution in [-0.2, 0) is 31.0 Å². The third-order valence-corrected chi connectivity index (χ3v) is 6.31. The summed E-state index contributed by atoms with van der Waals surface area (Å²) < 4.78 is 14.4. The number of piperidine rings is 1. The summed E-state index contributed by atoms with van der Waals surface area (Å²) in [7, 11) is 1.64. The van der Waals surface area contributed by atoms with E-state index in [0.29, 0.717) is 32.2 Å². The van der Waals surface area contributed by atoms with Gasteiger partial charge in [0.1, 0.15) is 18.2 Å². The van der Waals surface area contributed by atoms with E-state index in [9.17, 15) is 4.79 Å². The molecule has 33 heavy (non-hydrogen) atoms. The normalized spacial score (nSPS) is 15.1. The van der Waals surface area contributed by atoms with Crippen molar-refractivity contribution in [1.82, 2.24) is 19.2 Å². The van der Waals surface area contributed by atoms with Crippen LogP contribution in [0, 0.1) is 0 Å². The van der Waals surface area contributed by atoms with Crippen molar-refractivity contribution in [1.29, 1.82) is 0 Å². The molecule has 2 heterocycles. The molecule has 0 unspecified atom stereocenters. The number of benzene rings is 2. The summed E-state index contributed by atoms with van der Waals surface area (Å²) >= 11 is 0. The van der Waals surface area contributed by atoms with E-state index in [1.165, 1.54) is 11.1 Å². The molecular formula is C26H34N4O3. The van der Waals surface area contributed by atoms with E-state index in [1.54, 1.807) is 11.8 Å². The maximum absolute atomic E-state index is 12.6. The number of hydrogen-bond donors (Lipinski definition) is 0. The van der Waals surface area contributed by atoms with Crippen LogP contribution in [-0.4, -0.2) is 46.1 Å². The van der Waals surface area contributed by atoms with E-state index in [1.807, 2.05) is 29.7 Å². The Hall–Kier alpha value is -2.90. The van der Waals surface area contributed by atoms with Crippen LogP contribution in [0.3, 0.4) is 0 Å². The van der Waals surface area contributed by atoms with Crippen LogP contribution < -0.4 is 10.4 Å². The predicted molar refractivity (Wildman–Crippen MR) is 129 cm³/mol. The number of nitrogens with zero attached hydrogens (tertiary/aromatic N) is 4. The maximum Gasteiger partial charge on any atom is 0.345 e. The van der Waals surface area contributed by atoms with Gasteiger partial charge < -0.3 is 9.47 Å². The molecule has 7 nitrogen and oxygen atoms in total. The summed E-state index contributed by atoms with van der Waals surface area (Å²) in [5, 5.41) is 4.65. The highest BCUT2D eigenvalue weighted by molar-refractivity contribution is 5.28. The summed E-state index contributed by atoms with van der Waals surface area (Å²) in [6, 6.07) is 18.6. The van der Waals surface area contributed by atoms with Gasteiger partial charge in [0.05, 0.1) is 13.2 Å². The quantitative estimate of drug-likeness (QED) is 0.472. The van der Waals surface area contributed by atoms with Gasteiger partial charge in [0.2, 0.25) is 0 Å². The molecule has 0 saturated carbocycles. The Morgan fingerprint density at radius 1 is 1.00 bits per heavy atom. The molecule has 0 aliphatic carbocycles. The summed E-state index contributed by atoms with van der Waals surface area (Å²) in [5.41, 5.74) is 2.43. The fourth-order valence-corrected chi connectivity index (χ4v) is 4.42. The Morgan fingerprint density at radius 3 is 2.39 bits per heavy atom. The van der Waals surface area contributed by atoms with Crippen LogP contribution in [0.4, 0.5) is 0 Å². The molecule has 0 bridgehead atoms. The van der Waals surface area contributed by atoms with Crippen molar-refractivity contribution < 1.29 is 9.47 Å². The molecule has 1 saturated heterocycles. The number of hydrogen-bond acceptors (Lipinski definition) is 5. The van der Waals surface area contributed by atoms with Crippen molar-refractivity contribution in [3.8, 4) is 5.75 Å². The zero-order valence-electron chi connectivity index (χ0n) is 19.7. The minimum absolute atomic E-state index is 0.0263.